The summed E-state index contributed by atoms with van der Waals surface area (Å²) in [5.41, 5.74) is 1.14. The van der Waals surface area contributed by atoms with Crippen molar-refractivity contribution in [1.29, 1.82) is 0 Å². The van der Waals surface area contributed by atoms with E-state index in [4.69, 9.17) is 0 Å². The first kappa shape index (κ1) is 15.6. The maximum atomic E-state index is 13.2. The first-order chi connectivity index (χ1) is 11.0. The summed E-state index contributed by atoms with van der Waals surface area (Å²) < 4.78 is 13.2. The van der Waals surface area contributed by atoms with Gasteiger partial charge in [-0.1, -0.05) is 25.1 Å². The van der Waals surface area contributed by atoms with Gasteiger partial charge < -0.3 is 10.6 Å². The molecule has 1 heterocycles. The van der Waals surface area contributed by atoms with Crippen LogP contribution in [0.1, 0.15) is 6.92 Å². The molecule has 23 heavy (non-hydrogen) atoms. The molecule has 0 aromatic heterocycles. The molecule has 0 bridgehead atoms. The molecule has 4 nitrogen and oxygen atoms in total. The number of anilines is 2. The third-order valence-corrected chi connectivity index (χ3v) is 5.10. The largest absolute Gasteiger partial charge is 0.326 e. The predicted molar refractivity (Wildman–Crippen MR) is 88.9 cm³/mol. The molecule has 0 fully saturated rings. The molecular weight excluding hydrogens is 315 g/mol. The van der Waals surface area contributed by atoms with Crippen molar-refractivity contribution in [2.24, 2.45) is 5.92 Å². The Labute approximate surface area is 137 Å². The van der Waals surface area contributed by atoms with E-state index in [-0.39, 0.29) is 11.8 Å². The summed E-state index contributed by atoms with van der Waals surface area (Å²) >= 11 is 1.37. The van der Waals surface area contributed by atoms with Crippen molar-refractivity contribution >= 4 is 35.0 Å². The van der Waals surface area contributed by atoms with Crippen molar-refractivity contribution in [2.75, 3.05) is 10.6 Å². The molecule has 2 aromatic carbocycles. The van der Waals surface area contributed by atoms with Gasteiger partial charge in [-0.3, -0.25) is 9.59 Å². The van der Waals surface area contributed by atoms with E-state index in [2.05, 4.69) is 10.6 Å². The molecule has 1 aliphatic heterocycles. The van der Waals surface area contributed by atoms with Crippen LogP contribution in [0, 0.1) is 11.7 Å². The second kappa shape index (κ2) is 6.42. The summed E-state index contributed by atoms with van der Waals surface area (Å²) in [6, 6.07) is 13.1. The number of carbonyl (C=O) groups excluding carboxylic acids is 2. The molecule has 2 atom stereocenters. The number of hydrogen-bond donors (Lipinski definition) is 2. The molecule has 6 heteroatoms. The molecule has 0 saturated carbocycles. The molecule has 2 aromatic rings. The Morgan fingerprint density at radius 3 is 2.83 bits per heavy atom. The molecule has 2 N–H and O–H groups in total. The SMILES string of the molecule is CC(C(=O)Nc1cccc(F)c1)C1Sc2ccccc2NC1=O. The van der Waals surface area contributed by atoms with Crippen molar-refractivity contribution in [3.63, 3.8) is 0 Å². The monoisotopic (exact) mass is 330 g/mol. The van der Waals surface area contributed by atoms with Gasteiger partial charge in [0.05, 0.1) is 16.9 Å². The number of thioether (sulfide) groups is 1. The fourth-order valence-electron chi connectivity index (χ4n) is 2.36. The topological polar surface area (TPSA) is 58.2 Å². The average Bonchev–Trinajstić information content (AvgIpc) is 2.53. The Hall–Kier alpha value is -2.34. The smallest absolute Gasteiger partial charge is 0.238 e. The number of carbonyl (C=O) groups is 2. The minimum atomic E-state index is -0.559. The highest BCUT2D eigenvalue weighted by Crippen LogP contribution is 2.38. The molecule has 0 aliphatic carbocycles. The number of nitrogens with one attached hydrogen (secondary N) is 2. The number of benzene rings is 2. The van der Waals surface area contributed by atoms with E-state index in [9.17, 15) is 14.0 Å². The van der Waals surface area contributed by atoms with E-state index in [0.29, 0.717) is 5.69 Å². The van der Waals surface area contributed by atoms with Crippen LogP contribution >= 0.6 is 11.8 Å². The third-order valence-electron chi connectivity index (χ3n) is 3.62. The quantitative estimate of drug-likeness (QED) is 0.905. The molecule has 3 rings (SSSR count). The summed E-state index contributed by atoms with van der Waals surface area (Å²) in [6.45, 7) is 1.69. The van der Waals surface area contributed by atoms with Crippen LogP contribution in [-0.2, 0) is 9.59 Å². The lowest BCUT2D eigenvalue weighted by Crippen LogP contribution is -2.39. The van der Waals surface area contributed by atoms with Crippen LogP contribution in [0.15, 0.2) is 53.4 Å². The van der Waals surface area contributed by atoms with E-state index in [0.717, 1.165) is 10.6 Å². The number of rotatable bonds is 3. The van der Waals surface area contributed by atoms with Gasteiger partial charge in [0.25, 0.3) is 0 Å². The maximum Gasteiger partial charge on any atom is 0.238 e. The van der Waals surface area contributed by atoms with Crippen LogP contribution in [0.5, 0.6) is 0 Å². The lowest BCUT2D eigenvalue weighted by molar-refractivity contribution is -0.123. The minimum Gasteiger partial charge on any atom is -0.326 e. The average molecular weight is 330 g/mol. The van der Waals surface area contributed by atoms with E-state index in [1.807, 2.05) is 24.3 Å². The zero-order valence-corrected chi connectivity index (χ0v) is 13.2. The van der Waals surface area contributed by atoms with E-state index in [1.54, 1.807) is 13.0 Å². The second-order valence-electron chi connectivity index (χ2n) is 5.31. The third kappa shape index (κ3) is 3.37. The minimum absolute atomic E-state index is 0.199. The van der Waals surface area contributed by atoms with Crippen LogP contribution < -0.4 is 10.6 Å². The van der Waals surface area contributed by atoms with E-state index in [1.165, 1.54) is 30.0 Å². The molecule has 2 unspecified atom stereocenters. The van der Waals surface area contributed by atoms with E-state index < -0.39 is 17.0 Å². The molecular formula is C17H15FN2O2S. The number of fused-ring (bicyclic) bond motifs is 1. The number of para-hydroxylation sites is 1. The van der Waals surface area contributed by atoms with Gasteiger partial charge in [0, 0.05) is 10.6 Å². The normalized spacial score (nSPS) is 17.8. The second-order valence-corrected chi connectivity index (χ2v) is 6.50. The Bertz CT molecular complexity index is 766. The Kier molecular flexibility index (Phi) is 4.34. The lowest BCUT2D eigenvalue weighted by Gasteiger charge is -2.27. The van der Waals surface area contributed by atoms with Gasteiger partial charge in [-0.15, -0.1) is 11.8 Å². The number of amides is 2. The zero-order chi connectivity index (χ0) is 16.4. The molecule has 2 amide bonds. The fourth-order valence-corrected chi connectivity index (χ4v) is 3.53. The molecule has 0 radical (unpaired) electrons. The first-order valence-electron chi connectivity index (χ1n) is 7.17. The van der Waals surface area contributed by atoms with Crippen molar-refractivity contribution in [2.45, 2.75) is 17.1 Å². The van der Waals surface area contributed by atoms with Crippen LogP contribution in [-0.4, -0.2) is 17.1 Å². The molecule has 0 spiro atoms. The van der Waals surface area contributed by atoms with E-state index >= 15 is 0 Å². The van der Waals surface area contributed by atoms with Gasteiger partial charge in [0.2, 0.25) is 11.8 Å². The first-order valence-corrected chi connectivity index (χ1v) is 8.05. The highest BCUT2D eigenvalue weighted by atomic mass is 32.2. The van der Waals surface area contributed by atoms with Gasteiger partial charge >= 0.3 is 0 Å². The lowest BCUT2D eigenvalue weighted by atomic mass is 10.1. The Morgan fingerprint density at radius 2 is 2.04 bits per heavy atom. The predicted octanol–water partition coefficient (Wildman–Crippen LogP) is 3.51. The summed E-state index contributed by atoms with van der Waals surface area (Å²) in [7, 11) is 0. The Morgan fingerprint density at radius 1 is 1.26 bits per heavy atom. The van der Waals surface area contributed by atoms with Crippen molar-refractivity contribution in [3.05, 3.63) is 54.3 Å². The van der Waals surface area contributed by atoms with Gasteiger partial charge in [-0.05, 0) is 30.3 Å². The van der Waals surface area contributed by atoms with Crippen LogP contribution in [0.4, 0.5) is 15.8 Å². The molecule has 118 valence electrons. The summed E-state index contributed by atoms with van der Waals surface area (Å²) in [5.74, 6) is -1.50. The highest BCUT2D eigenvalue weighted by molar-refractivity contribution is 8.01. The van der Waals surface area contributed by atoms with Gasteiger partial charge in [-0.2, -0.15) is 0 Å². The van der Waals surface area contributed by atoms with Gasteiger partial charge in [0.15, 0.2) is 0 Å². The highest BCUT2D eigenvalue weighted by Gasteiger charge is 2.35. The van der Waals surface area contributed by atoms with Gasteiger partial charge in [-0.25, -0.2) is 4.39 Å². The number of hydrogen-bond acceptors (Lipinski definition) is 3. The summed E-state index contributed by atoms with van der Waals surface area (Å²) in [6.07, 6.45) is 0. The van der Waals surface area contributed by atoms with Crippen LogP contribution in [0.25, 0.3) is 0 Å². The van der Waals surface area contributed by atoms with Crippen LogP contribution in [0.3, 0.4) is 0 Å². The maximum absolute atomic E-state index is 13.2. The number of halogens is 1. The molecule has 1 aliphatic rings. The van der Waals surface area contributed by atoms with Crippen molar-refractivity contribution in [1.82, 2.24) is 0 Å². The van der Waals surface area contributed by atoms with Crippen LogP contribution in [0.2, 0.25) is 0 Å². The standard InChI is InChI=1S/C17H15FN2O2S/c1-10(16(21)19-12-6-4-5-11(18)9-12)15-17(22)20-13-7-2-3-8-14(13)23-15/h2-10,15H,1H3,(H,19,21)(H,20,22). The van der Waals surface area contributed by atoms with Crippen molar-refractivity contribution in [3.8, 4) is 0 Å². The summed E-state index contributed by atoms with van der Waals surface area (Å²) in [5, 5.41) is 4.94. The molecule has 0 saturated heterocycles. The Balaban J connectivity index is 1.74. The fraction of sp³-hybridized carbons (Fsp3) is 0.176. The summed E-state index contributed by atoms with van der Waals surface area (Å²) in [4.78, 5) is 25.5. The zero-order valence-electron chi connectivity index (χ0n) is 12.4. The van der Waals surface area contributed by atoms with Crippen molar-refractivity contribution < 1.29 is 14.0 Å². The van der Waals surface area contributed by atoms with Gasteiger partial charge in [0.1, 0.15) is 5.82 Å².